The quantitative estimate of drug-likeness (QED) is 0.181. The van der Waals surface area contributed by atoms with Crippen LogP contribution in [0.2, 0.25) is 0 Å². The molecule has 10 aromatic rings. The second-order valence-corrected chi connectivity index (χ2v) is 13.0. The van der Waals surface area contributed by atoms with Crippen molar-refractivity contribution in [1.82, 2.24) is 23.9 Å². The predicted octanol–water partition coefficient (Wildman–Crippen LogP) is 10.5. The van der Waals surface area contributed by atoms with Gasteiger partial charge in [-0.1, -0.05) is 66.7 Å². The second kappa shape index (κ2) is 11.9. The number of para-hydroxylation sites is 3. The minimum Gasteiger partial charge on any atom is -0.309 e. The Kier molecular flexibility index (Phi) is 6.79. The smallest absolute Gasteiger partial charge is 0.168 e. The Morgan fingerprint density at radius 1 is 0.358 bits per heavy atom. The summed E-state index contributed by atoms with van der Waals surface area (Å²) < 4.78 is 6.73. The van der Waals surface area contributed by atoms with Gasteiger partial charge in [-0.2, -0.15) is 10.5 Å². The van der Waals surface area contributed by atoms with Crippen LogP contribution in [0, 0.1) is 22.7 Å². The van der Waals surface area contributed by atoms with Crippen LogP contribution < -0.4 is 0 Å². The highest BCUT2D eigenvalue weighted by atomic mass is 15.3. The second-order valence-electron chi connectivity index (χ2n) is 13.0. The molecule has 0 spiro atoms. The average molecular weight is 678 g/mol. The maximum Gasteiger partial charge on any atom is 0.168 e. The van der Waals surface area contributed by atoms with E-state index in [0.29, 0.717) is 22.8 Å². The van der Waals surface area contributed by atoms with Gasteiger partial charge in [-0.15, -0.1) is 10.2 Å². The Balaban J connectivity index is 1.21. The number of hydrogen-bond acceptors (Lipinski definition) is 4. The summed E-state index contributed by atoms with van der Waals surface area (Å²) in [5.41, 5.74) is 10.2. The Morgan fingerprint density at radius 2 is 0.774 bits per heavy atom. The van der Waals surface area contributed by atoms with Crippen LogP contribution in [0.15, 0.2) is 164 Å². The molecule has 0 unspecified atom stereocenters. The molecule has 0 aliphatic rings. The molecule has 0 saturated heterocycles. The first-order chi connectivity index (χ1) is 26.2. The van der Waals surface area contributed by atoms with Crippen molar-refractivity contribution >= 4 is 43.6 Å². The number of hydrogen-bond donors (Lipinski definition) is 0. The molecular formula is C46H27N7. The van der Waals surface area contributed by atoms with E-state index in [2.05, 4.69) is 151 Å². The molecule has 53 heavy (non-hydrogen) atoms. The van der Waals surface area contributed by atoms with Gasteiger partial charge in [0.25, 0.3) is 0 Å². The molecule has 0 aliphatic carbocycles. The van der Waals surface area contributed by atoms with E-state index in [1.54, 1.807) is 24.3 Å². The maximum absolute atomic E-state index is 9.46. The van der Waals surface area contributed by atoms with E-state index in [0.717, 1.165) is 61.0 Å². The van der Waals surface area contributed by atoms with Crippen LogP contribution >= 0.6 is 0 Å². The Bertz CT molecular complexity index is 3000. The lowest BCUT2D eigenvalue weighted by atomic mass is 10.1. The van der Waals surface area contributed by atoms with Gasteiger partial charge in [-0.05, 0) is 97.1 Å². The summed E-state index contributed by atoms with van der Waals surface area (Å²) in [7, 11) is 0. The highest BCUT2D eigenvalue weighted by Gasteiger charge is 2.21. The van der Waals surface area contributed by atoms with Crippen molar-refractivity contribution in [2.75, 3.05) is 0 Å². The highest BCUT2D eigenvalue weighted by Crippen LogP contribution is 2.37. The molecule has 0 aliphatic heterocycles. The van der Waals surface area contributed by atoms with E-state index < -0.39 is 0 Å². The molecule has 7 aromatic carbocycles. The fourth-order valence-corrected chi connectivity index (χ4v) is 7.64. The molecule has 0 saturated carbocycles. The molecule has 0 fully saturated rings. The molecule has 3 heterocycles. The van der Waals surface area contributed by atoms with E-state index in [1.165, 1.54) is 10.8 Å². The number of benzene rings is 7. The first kappa shape index (κ1) is 30.1. The number of fused-ring (bicyclic) bond motifs is 6. The van der Waals surface area contributed by atoms with Crippen molar-refractivity contribution < 1.29 is 0 Å². The zero-order valence-corrected chi connectivity index (χ0v) is 28.2. The molecular weight excluding hydrogens is 651 g/mol. The summed E-state index contributed by atoms with van der Waals surface area (Å²) in [6, 6.07) is 60.0. The summed E-state index contributed by atoms with van der Waals surface area (Å²) in [5.74, 6) is 1.29. The topological polar surface area (TPSA) is 88.2 Å². The number of rotatable bonds is 5. The molecule has 7 nitrogen and oxygen atoms in total. The zero-order chi connectivity index (χ0) is 35.5. The van der Waals surface area contributed by atoms with Crippen LogP contribution in [0.5, 0.6) is 0 Å². The molecule has 0 radical (unpaired) electrons. The van der Waals surface area contributed by atoms with Crippen molar-refractivity contribution in [3.05, 3.63) is 175 Å². The fraction of sp³-hybridized carbons (Fsp3) is 0. The normalized spacial score (nSPS) is 11.4. The molecule has 0 amide bonds. The van der Waals surface area contributed by atoms with Gasteiger partial charge < -0.3 is 9.13 Å². The molecule has 3 aromatic heterocycles. The lowest BCUT2D eigenvalue weighted by Gasteiger charge is -2.14. The van der Waals surface area contributed by atoms with Gasteiger partial charge in [0.1, 0.15) is 0 Å². The van der Waals surface area contributed by atoms with Crippen molar-refractivity contribution in [3.8, 4) is 52.0 Å². The minimum absolute atomic E-state index is 0.571. The van der Waals surface area contributed by atoms with E-state index in [-0.39, 0.29) is 0 Å². The standard InChI is InChI=1S/C46H27N7/c47-28-30-16-20-32(21-17-30)45-49-50-46(33-22-18-31(29-48)19-23-33)53(45)36-24-25-40-39-12-3-6-15-43(39)52(44(40)27-36)35-9-7-8-34(26-35)51-41-13-4-1-10-37(41)38-11-2-5-14-42(38)51/h1-27H. The van der Waals surface area contributed by atoms with Crippen molar-refractivity contribution in [2.24, 2.45) is 0 Å². The molecule has 10 rings (SSSR count). The summed E-state index contributed by atoms with van der Waals surface area (Å²) in [5, 5.41) is 33.0. The van der Waals surface area contributed by atoms with Gasteiger partial charge in [-0.3, -0.25) is 4.57 Å². The molecule has 0 bridgehead atoms. The Labute approximate surface area is 304 Å². The third-order valence-electron chi connectivity index (χ3n) is 10.0. The van der Waals surface area contributed by atoms with Crippen LogP contribution in [-0.2, 0) is 0 Å². The van der Waals surface area contributed by atoms with Gasteiger partial charge in [0.2, 0.25) is 0 Å². The monoisotopic (exact) mass is 677 g/mol. The lowest BCUT2D eigenvalue weighted by Crippen LogP contribution is -2.02. The third kappa shape index (κ3) is 4.73. The largest absolute Gasteiger partial charge is 0.309 e. The van der Waals surface area contributed by atoms with Gasteiger partial charge in [0.15, 0.2) is 11.6 Å². The predicted molar refractivity (Wildman–Crippen MR) is 210 cm³/mol. The van der Waals surface area contributed by atoms with Crippen LogP contribution in [-0.4, -0.2) is 23.9 Å². The van der Waals surface area contributed by atoms with Gasteiger partial charge in [0, 0.05) is 44.0 Å². The number of nitriles is 2. The molecule has 0 atom stereocenters. The van der Waals surface area contributed by atoms with Crippen molar-refractivity contribution in [2.45, 2.75) is 0 Å². The van der Waals surface area contributed by atoms with E-state index >= 15 is 0 Å². The summed E-state index contributed by atoms with van der Waals surface area (Å²) in [6.07, 6.45) is 0. The lowest BCUT2D eigenvalue weighted by molar-refractivity contribution is 1.07. The first-order valence-electron chi connectivity index (χ1n) is 17.3. The van der Waals surface area contributed by atoms with Crippen LogP contribution in [0.4, 0.5) is 0 Å². The van der Waals surface area contributed by atoms with Crippen LogP contribution in [0.25, 0.3) is 83.4 Å². The Morgan fingerprint density at radius 3 is 1.25 bits per heavy atom. The van der Waals surface area contributed by atoms with Crippen LogP contribution in [0.1, 0.15) is 11.1 Å². The third-order valence-corrected chi connectivity index (χ3v) is 10.0. The fourth-order valence-electron chi connectivity index (χ4n) is 7.64. The Hall–Kier alpha value is -7.74. The van der Waals surface area contributed by atoms with E-state index in [4.69, 9.17) is 0 Å². The average Bonchev–Trinajstić information content (AvgIpc) is 3.91. The first-order valence-corrected chi connectivity index (χ1v) is 17.3. The minimum atomic E-state index is 0.571. The van der Waals surface area contributed by atoms with Gasteiger partial charge >= 0.3 is 0 Å². The summed E-state index contributed by atoms with van der Waals surface area (Å²) >= 11 is 0. The summed E-state index contributed by atoms with van der Waals surface area (Å²) in [4.78, 5) is 0. The SMILES string of the molecule is N#Cc1ccc(-c2nnc(-c3ccc(C#N)cc3)n2-c2ccc3c4ccccc4n(-c4cccc(-n5c6ccccc6c6ccccc65)c4)c3c2)cc1. The highest BCUT2D eigenvalue weighted by molar-refractivity contribution is 6.11. The molecule has 7 heteroatoms. The maximum atomic E-state index is 9.46. The molecule has 0 N–H and O–H groups in total. The van der Waals surface area contributed by atoms with Crippen molar-refractivity contribution in [3.63, 3.8) is 0 Å². The van der Waals surface area contributed by atoms with Gasteiger partial charge in [-0.25, -0.2) is 0 Å². The van der Waals surface area contributed by atoms with Crippen molar-refractivity contribution in [1.29, 1.82) is 10.5 Å². The van der Waals surface area contributed by atoms with E-state index in [9.17, 15) is 10.5 Å². The van der Waals surface area contributed by atoms with Gasteiger partial charge in [0.05, 0.1) is 51.0 Å². The summed E-state index contributed by atoms with van der Waals surface area (Å²) in [6.45, 7) is 0. The number of nitrogens with zero attached hydrogens (tertiary/aromatic N) is 7. The van der Waals surface area contributed by atoms with E-state index in [1.807, 2.05) is 24.3 Å². The molecule has 246 valence electrons. The number of aromatic nitrogens is 5. The van der Waals surface area contributed by atoms with Crippen LogP contribution in [0.3, 0.4) is 0 Å². The zero-order valence-electron chi connectivity index (χ0n) is 28.2.